The molecule has 1 rings (SSSR count). The van der Waals surface area contributed by atoms with Crippen LogP contribution in [0.15, 0.2) is 17.5 Å². The summed E-state index contributed by atoms with van der Waals surface area (Å²) in [6.45, 7) is 5.24. The van der Waals surface area contributed by atoms with Gasteiger partial charge in [-0.1, -0.05) is 19.4 Å². The fraction of sp³-hybridized carbons (Fsp3) is 0.692. The first kappa shape index (κ1) is 13.7. The summed E-state index contributed by atoms with van der Waals surface area (Å²) in [5.74, 6) is 0.827. The van der Waals surface area contributed by atoms with Crippen molar-refractivity contribution in [2.75, 3.05) is 13.1 Å². The third-order valence-corrected chi connectivity index (χ3v) is 3.87. The van der Waals surface area contributed by atoms with Gasteiger partial charge in [0, 0.05) is 11.4 Å². The highest BCUT2D eigenvalue weighted by molar-refractivity contribution is 7.09. The zero-order chi connectivity index (χ0) is 11.6. The standard InChI is InChI=1S/C13H24N2S/c1-2-12(7-8-14)5-3-9-15-11-13-6-4-10-16-13/h4,6,10,12,15H,2-3,5,7-9,11,14H2,1H3. The Morgan fingerprint density at radius 2 is 2.31 bits per heavy atom. The summed E-state index contributed by atoms with van der Waals surface area (Å²) < 4.78 is 0. The van der Waals surface area contributed by atoms with Gasteiger partial charge in [-0.15, -0.1) is 11.3 Å². The van der Waals surface area contributed by atoms with Crippen molar-refractivity contribution in [2.24, 2.45) is 11.7 Å². The molecule has 1 aromatic rings. The maximum absolute atomic E-state index is 5.59. The fourth-order valence-electron chi connectivity index (χ4n) is 1.93. The predicted molar refractivity (Wildman–Crippen MR) is 72.7 cm³/mol. The lowest BCUT2D eigenvalue weighted by atomic mass is 9.97. The topological polar surface area (TPSA) is 38.0 Å². The monoisotopic (exact) mass is 240 g/mol. The smallest absolute Gasteiger partial charge is 0.0299 e. The third-order valence-electron chi connectivity index (χ3n) is 3.00. The van der Waals surface area contributed by atoms with Crippen LogP contribution in [0, 0.1) is 5.92 Å². The summed E-state index contributed by atoms with van der Waals surface area (Å²) in [5.41, 5.74) is 5.59. The third kappa shape index (κ3) is 5.64. The highest BCUT2D eigenvalue weighted by Gasteiger charge is 2.04. The number of nitrogens with two attached hydrogens (primary N) is 1. The van der Waals surface area contributed by atoms with Gasteiger partial charge in [-0.3, -0.25) is 0 Å². The maximum Gasteiger partial charge on any atom is 0.0299 e. The molecule has 2 nitrogen and oxygen atoms in total. The van der Waals surface area contributed by atoms with Crippen molar-refractivity contribution in [3.63, 3.8) is 0 Å². The van der Waals surface area contributed by atoms with Gasteiger partial charge in [-0.25, -0.2) is 0 Å². The van der Waals surface area contributed by atoms with Crippen LogP contribution in [0.1, 0.15) is 37.5 Å². The van der Waals surface area contributed by atoms with Gasteiger partial charge in [0.25, 0.3) is 0 Å². The van der Waals surface area contributed by atoms with Crippen LogP contribution in [0.25, 0.3) is 0 Å². The van der Waals surface area contributed by atoms with Gasteiger partial charge >= 0.3 is 0 Å². The molecule has 3 heteroatoms. The zero-order valence-electron chi connectivity index (χ0n) is 10.2. The lowest BCUT2D eigenvalue weighted by Gasteiger charge is -2.13. The van der Waals surface area contributed by atoms with E-state index >= 15 is 0 Å². The van der Waals surface area contributed by atoms with Crippen molar-refractivity contribution < 1.29 is 0 Å². The predicted octanol–water partition coefficient (Wildman–Crippen LogP) is 2.99. The SMILES string of the molecule is CCC(CCN)CCCNCc1cccs1. The molecule has 0 saturated carbocycles. The number of hydrogen-bond donors (Lipinski definition) is 2. The van der Waals surface area contributed by atoms with E-state index in [0.717, 1.165) is 25.6 Å². The van der Waals surface area contributed by atoms with E-state index in [1.54, 1.807) is 0 Å². The van der Waals surface area contributed by atoms with Crippen LogP contribution in [0.5, 0.6) is 0 Å². The molecule has 1 heterocycles. The number of hydrogen-bond acceptors (Lipinski definition) is 3. The molecule has 92 valence electrons. The summed E-state index contributed by atoms with van der Waals surface area (Å²) in [4.78, 5) is 1.42. The molecule has 0 aromatic carbocycles. The Kier molecular flexibility index (Phi) is 7.47. The highest BCUT2D eigenvalue weighted by Crippen LogP contribution is 2.14. The van der Waals surface area contributed by atoms with Crippen molar-refractivity contribution >= 4 is 11.3 Å². The summed E-state index contributed by atoms with van der Waals surface area (Å²) in [5, 5.41) is 5.62. The molecule has 1 aromatic heterocycles. The van der Waals surface area contributed by atoms with Crippen molar-refractivity contribution in [3.05, 3.63) is 22.4 Å². The minimum absolute atomic E-state index is 0.827. The van der Waals surface area contributed by atoms with Crippen LogP contribution >= 0.6 is 11.3 Å². The van der Waals surface area contributed by atoms with Crippen molar-refractivity contribution in [1.29, 1.82) is 0 Å². The first-order valence-corrected chi connectivity index (χ1v) is 7.18. The van der Waals surface area contributed by atoms with Gasteiger partial charge < -0.3 is 11.1 Å². The molecule has 0 saturated heterocycles. The van der Waals surface area contributed by atoms with Crippen LogP contribution in [-0.4, -0.2) is 13.1 Å². The lowest BCUT2D eigenvalue weighted by molar-refractivity contribution is 0.422. The summed E-state index contributed by atoms with van der Waals surface area (Å²) in [6.07, 6.45) is 5.03. The van der Waals surface area contributed by atoms with Crippen LogP contribution in [0.3, 0.4) is 0 Å². The highest BCUT2D eigenvalue weighted by atomic mass is 32.1. The first-order valence-electron chi connectivity index (χ1n) is 6.30. The fourth-order valence-corrected chi connectivity index (χ4v) is 2.60. The van der Waals surface area contributed by atoms with Crippen LogP contribution in [0.2, 0.25) is 0 Å². The second-order valence-corrected chi connectivity index (χ2v) is 5.28. The van der Waals surface area contributed by atoms with E-state index in [1.807, 2.05) is 11.3 Å². The molecule has 0 spiro atoms. The Bertz CT molecular complexity index is 246. The molecule has 0 aliphatic rings. The van der Waals surface area contributed by atoms with Crippen molar-refractivity contribution in [2.45, 2.75) is 39.2 Å². The number of rotatable bonds is 9. The Hall–Kier alpha value is -0.380. The molecule has 0 fully saturated rings. The minimum atomic E-state index is 0.827. The normalized spacial score (nSPS) is 12.9. The van der Waals surface area contributed by atoms with E-state index in [4.69, 9.17) is 5.73 Å². The molecule has 0 amide bonds. The van der Waals surface area contributed by atoms with Gasteiger partial charge in [0.15, 0.2) is 0 Å². The summed E-state index contributed by atoms with van der Waals surface area (Å²) in [7, 11) is 0. The average Bonchev–Trinajstić information content (AvgIpc) is 2.80. The molecule has 1 atom stereocenters. The molecule has 1 unspecified atom stereocenters. The Balaban J connectivity index is 1.98. The van der Waals surface area contributed by atoms with E-state index in [9.17, 15) is 0 Å². The molecule has 0 radical (unpaired) electrons. The van der Waals surface area contributed by atoms with E-state index in [1.165, 1.54) is 30.6 Å². The Morgan fingerprint density at radius 3 is 2.94 bits per heavy atom. The van der Waals surface area contributed by atoms with Gasteiger partial charge in [-0.2, -0.15) is 0 Å². The minimum Gasteiger partial charge on any atom is -0.330 e. The Morgan fingerprint density at radius 1 is 1.44 bits per heavy atom. The number of thiophene rings is 1. The number of nitrogens with one attached hydrogen (secondary N) is 1. The first-order chi connectivity index (χ1) is 7.86. The largest absolute Gasteiger partial charge is 0.330 e. The van der Waals surface area contributed by atoms with Crippen molar-refractivity contribution in [3.8, 4) is 0 Å². The second kappa shape index (κ2) is 8.74. The Labute approximate surface area is 103 Å². The molecular weight excluding hydrogens is 216 g/mol. The van der Waals surface area contributed by atoms with Crippen LogP contribution in [0.4, 0.5) is 0 Å². The zero-order valence-corrected chi connectivity index (χ0v) is 11.1. The van der Waals surface area contributed by atoms with Crippen LogP contribution in [-0.2, 0) is 6.54 Å². The maximum atomic E-state index is 5.59. The molecular formula is C13H24N2S. The van der Waals surface area contributed by atoms with Gasteiger partial charge in [0.2, 0.25) is 0 Å². The van der Waals surface area contributed by atoms with Gasteiger partial charge in [0.05, 0.1) is 0 Å². The average molecular weight is 240 g/mol. The molecule has 0 aliphatic heterocycles. The van der Waals surface area contributed by atoms with E-state index in [0.29, 0.717) is 0 Å². The molecule has 16 heavy (non-hydrogen) atoms. The van der Waals surface area contributed by atoms with Gasteiger partial charge in [0.1, 0.15) is 0 Å². The van der Waals surface area contributed by atoms with Crippen molar-refractivity contribution in [1.82, 2.24) is 5.32 Å². The molecule has 0 aliphatic carbocycles. The van der Waals surface area contributed by atoms with E-state index in [-0.39, 0.29) is 0 Å². The summed E-state index contributed by atoms with van der Waals surface area (Å²) in [6, 6.07) is 4.29. The van der Waals surface area contributed by atoms with Crippen LogP contribution < -0.4 is 11.1 Å². The lowest BCUT2D eigenvalue weighted by Crippen LogP contribution is -2.16. The molecule has 0 bridgehead atoms. The van der Waals surface area contributed by atoms with E-state index in [2.05, 4.69) is 29.8 Å². The second-order valence-electron chi connectivity index (χ2n) is 4.25. The van der Waals surface area contributed by atoms with E-state index < -0.39 is 0 Å². The quantitative estimate of drug-likeness (QED) is 0.651. The van der Waals surface area contributed by atoms with Gasteiger partial charge in [-0.05, 0) is 49.7 Å². The summed E-state index contributed by atoms with van der Waals surface area (Å²) >= 11 is 1.82. The molecule has 3 N–H and O–H groups in total.